The molecule has 3 heteroatoms. The maximum absolute atomic E-state index is 11.7. The molecule has 0 fully saturated rings. The number of benzene rings is 2. The third-order valence-electron chi connectivity index (χ3n) is 3.78. The van der Waals surface area contributed by atoms with Crippen molar-refractivity contribution in [3.05, 3.63) is 53.6 Å². The van der Waals surface area contributed by atoms with Crippen LogP contribution in [0.15, 0.2) is 42.5 Å². The minimum atomic E-state index is -0.131. The van der Waals surface area contributed by atoms with Gasteiger partial charge < -0.3 is 5.32 Å². The summed E-state index contributed by atoms with van der Waals surface area (Å²) >= 11 is 0. The van der Waals surface area contributed by atoms with Crippen LogP contribution < -0.4 is 5.32 Å². The van der Waals surface area contributed by atoms with Crippen molar-refractivity contribution < 1.29 is 9.59 Å². The molecule has 0 saturated heterocycles. The van der Waals surface area contributed by atoms with Crippen LogP contribution in [0.5, 0.6) is 0 Å². The van der Waals surface area contributed by atoms with E-state index in [1.165, 1.54) is 12.5 Å². The fourth-order valence-electron chi connectivity index (χ4n) is 2.45. The summed E-state index contributed by atoms with van der Waals surface area (Å²) in [6.07, 6.45) is 0. The van der Waals surface area contributed by atoms with E-state index in [0.717, 1.165) is 11.1 Å². The van der Waals surface area contributed by atoms with Crippen LogP contribution >= 0.6 is 0 Å². The molecule has 2 aromatic carbocycles. The van der Waals surface area contributed by atoms with Crippen LogP contribution in [0.1, 0.15) is 50.5 Å². The third kappa shape index (κ3) is 4.07. The van der Waals surface area contributed by atoms with E-state index in [2.05, 4.69) is 38.2 Å². The van der Waals surface area contributed by atoms with Crippen LogP contribution in [0.2, 0.25) is 0 Å². The van der Waals surface area contributed by atoms with Gasteiger partial charge >= 0.3 is 0 Å². The van der Waals surface area contributed by atoms with Gasteiger partial charge in [-0.25, -0.2) is 0 Å². The van der Waals surface area contributed by atoms with Crippen LogP contribution in [-0.4, -0.2) is 11.7 Å². The average Bonchev–Trinajstić information content (AvgIpc) is 2.46. The Kier molecular flexibility index (Phi) is 4.69. The van der Waals surface area contributed by atoms with Crippen molar-refractivity contribution in [3.63, 3.8) is 0 Å². The van der Waals surface area contributed by atoms with Crippen molar-refractivity contribution in [3.8, 4) is 11.1 Å². The molecule has 2 aromatic rings. The molecule has 2 rings (SSSR count). The Balaban J connectivity index is 2.62. The zero-order valence-corrected chi connectivity index (χ0v) is 14.4. The lowest BCUT2D eigenvalue weighted by Gasteiger charge is -2.20. The second kappa shape index (κ2) is 6.37. The highest BCUT2D eigenvalue weighted by atomic mass is 16.1. The Morgan fingerprint density at radius 3 is 2.22 bits per heavy atom. The highest BCUT2D eigenvalue weighted by Gasteiger charge is 2.16. The molecule has 0 unspecified atom stereocenters. The summed E-state index contributed by atoms with van der Waals surface area (Å²) < 4.78 is 0. The van der Waals surface area contributed by atoms with E-state index >= 15 is 0 Å². The maximum Gasteiger partial charge on any atom is 0.221 e. The smallest absolute Gasteiger partial charge is 0.221 e. The SMILES string of the molecule is CC(=O)Nc1ccc(C(C)=O)cc1-c1cccc(C(C)(C)C)c1. The van der Waals surface area contributed by atoms with Crippen LogP contribution in [0, 0.1) is 0 Å². The van der Waals surface area contributed by atoms with Crippen molar-refractivity contribution in [2.24, 2.45) is 0 Å². The molecule has 0 spiro atoms. The number of anilines is 1. The third-order valence-corrected chi connectivity index (χ3v) is 3.78. The Morgan fingerprint density at radius 1 is 0.957 bits per heavy atom. The highest BCUT2D eigenvalue weighted by Crippen LogP contribution is 2.32. The minimum absolute atomic E-state index is 0.00704. The van der Waals surface area contributed by atoms with Gasteiger partial charge in [0, 0.05) is 23.7 Å². The fraction of sp³-hybridized carbons (Fsp3) is 0.300. The Morgan fingerprint density at radius 2 is 1.65 bits per heavy atom. The van der Waals surface area contributed by atoms with Gasteiger partial charge in [0.2, 0.25) is 5.91 Å². The first-order valence-electron chi connectivity index (χ1n) is 7.72. The van der Waals surface area contributed by atoms with E-state index in [4.69, 9.17) is 0 Å². The molecule has 23 heavy (non-hydrogen) atoms. The van der Waals surface area contributed by atoms with Crippen molar-refractivity contribution in [1.29, 1.82) is 0 Å². The van der Waals surface area contributed by atoms with Crippen molar-refractivity contribution >= 4 is 17.4 Å². The second-order valence-corrected chi connectivity index (χ2v) is 6.83. The first kappa shape index (κ1) is 16.9. The van der Waals surface area contributed by atoms with E-state index in [0.29, 0.717) is 11.3 Å². The number of ketones is 1. The molecule has 120 valence electrons. The molecule has 0 radical (unpaired) electrons. The number of carbonyl (C=O) groups is 2. The van der Waals surface area contributed by atoms with Crippen molar-refractivity contribution in [1.82, 2.24) is 0 Å². The van der Waals surface area contributed by atoms with Gasteiger partial charge in [0.05, 0.1) is 0 Å². The van der Waals surface area contributed by atoms with Crippen molar-refractivity contribution in [2.45, 2.75) is 40.0 Å². The Labute approximate surface area is 137 Å². The summed E-state index contributed by atoms with van der Waals surface area (Å²) in [6, 6.07) is 13.6. The Hall–Kier alpha value is -2.42. The normalized spacial score (nSPS) is 11.2. The van der Waals surface area contributed by atoms with Crippen molar-refractivity contribution in [2.75, 3.05) is 5.32 Å². The Bertz CT molecular complexity index is 754. The number of nitrogens with one attached hydrogen (secondary N) is 1. The molecule has 1 amide bonds. The molecule has 0 aliphatic rings. The monoisotopic (exact) mass is 309 g/mol. The number of carbonyl (C=O) groups excluding carboxylic acids is 2. The highest BCUT2D eigenvalue weighted by molar-refractivity contribution is 5.99. The van der Waals surface area contributed by atoms with Gasteiger partial charge in [-0.2, -0.15) is 0 Å². The zero-order chi connectivity index (χ0) is 17.2. The molecule has 3 nitrogen and oxygen atoms in total. The molecule has 0 aliphatic heterocycles. The zero-order valence-electron chi connectivity index (χ0n) is 14.4. The fourth-order valence-corrected chi connectivity index (χ4v) is 2.45. The summed E-state index contributed by atoms with van der Waals surface area (Å²) in [5.41, 5.74) is 4.44. The van der Waals surface area contributed by atoms with E-state index in [1.807, 2.05) is 18.2 Å². The summed E-state index contributed by atoms with van der Waals surface area (Å²) in [7, 11) is 0. The van der Waals surface area contributed by atoms with Crippen LogP contribution in [-0.2, 0) is 10.2 Å². The van der Waals surface area contributed by atoms with Gasteiger partial charge in [0.25, 0.3) is 0 Å². The van der Waals surface area contributed by atoms with E-state index in [1.54, 1.807) is 19.1 Å². The van der Waals surface area contributed by atoms with Gasteiger partial charge in [-0.1, -0.05) is 45.0 Å². The summed E-state index contributed by atoms with van der Waals surface area (Å²) in [5, 5.41) is 2.85. The van der Waals surface area contributed by atoms with Crippen LogP contribution in [0.4, 0.5) is 5.69 Å². The summed E-state index contributed by atoms with van der Waals surface area (Å²) in [6.45, 7) is 9.50. The lowest BCUT2D eigenvalue weighted by molar-refractivity contribution is -0.114. The largest absolute Gasteiger partial charge is 0.326 e. The van der Waals surface area contributed by atoms with Gasteiger partial charge in [-0.15, -0.1) is 0 Å². The molecule has 0 atom stereocenters. The molecule has 1 N–H and O–H groups in total. The molecular formula is C20H23NO2. The van der Waals surface area contributed by atoms with Gasteiger partial charge in [-0.3, -0.25) is 9.59 Å². The number of rotatable bonds is 3. The standard InChI is InChI=1S/C20H23NO2/c1-13(22)15-9-10-19(21-14(2)23)18(12-15)16-7-6-8-17(11-16)20(3,4)5/h6-12H,1-5H3,(H,21,23). The number of amides is 1. The van der Waals surface area contributed by atoms with Crippen LogP contribution in [0.25, 0.3) is 11.1 Å². The van der Waals surface area contributed by atoms with Gasteiger partial charge in [0.15, 0.2) is 5.78 Å². The lowest BCUT2D eigenvalue weighted by Crippen LogP contribution is -2.11. The van der Waals surface area contributed by atoms with Gasteiger partial charge in [0.1, 0.15) is 0 Å². The van der Waals surface area contributed by atoms with Gasteiger partial charge in [-0.05, 0) is 41.7 Å². The quantitative estimate of drug-likeness (QED) is 0.827. The molecule has 0 heterocycles. The molecule has 0 saturated carbocycles. The first-order valence-corrected chi connectivity index (χ1v) is 7.72. The predicted octanol–water partition coefficient (Wildman–Crippen LogP) is 4.81. The molecule has 0 aromatic heterocycles. The topological polar surface area (TPSA) is 46.2 Å². The molecule has 0 bridgehead atoms. The maximum atomic E-state index is 11.7. The number of hydrogen-bond acceptors (Lipinski definition) is 2. The predicted molar refractivity (Wildman–Crippen MR) is 94.9 cm³/mol. The number of Topliss-reactive ketones (excluding diaryl/α,β-unsaturated/α-hetero) is 1. The molecule has 0 aliphatic carbocycles. The number of hydrogen-bond donors (Lipinski definition) is 1. The van der Waals surface area contributed by atoms with E-state index in [9.17, 15) is 9.59 Å². The van der Waals surface area contributed by atoms with E-state index in [-0.39, 0.29) is 17.1 Å². The lowest BCUT2D eigenvalue weighted by atomic mass is 9.85. The summed E-state index contributed by atoms with van der Waals surface area (Å²) in [5.74, 6) is -0.124. The first-order chi connectivity index (χ1) is 10.7. The summed E-state index contributed by atoms with van der Waals surface area (Å²) in [4.78, 5) is 23.2. The van der Waals surface area contributed by atoms with Crippen LogP contribution in [0.3, 0.4) is 0 Å². The second-order valence-electron chi connectivity index (χ2n) is 6.83. The average molecular weight is 309 g/mol. The molecular weight excluding hydrogens is 286 g/mol. The minimum Gasteiger partial charge on any atom is -0.326 e. The van der Waals surface area contributed by atoms with E-state index < -0.39 is 0 Å².